The van der Waals surface area contributed by atoms with Crippen LogP contribution in [0.3, 0.4) is 0 Å². The molecule has 0 saturated carbocycles. The van der Waals surface area contributed by atoms with Crippen LogP contribution < -0.4 is 0 Å². The molecule has 0 bridgehead atoms. The van der Waals surface area contributed by atoms with Crippen LogP contribution in [0.2, 0.25) is 0 Å². The van der Waals surface area contributed by atoms with E-state index in [1.54, 1.807) is 0 Å². The lowest BCUT2D eigenvalue weighted by Gasteiger charge is -2.13. The highest BCUT2D eigenvalue weighted by Gasteiger charge is 2.10. The van der Waals surface area contributed by atoms with Crippen molar-refractivity contribution in [1.29, 1.82) is 0 Å². The first-order valence-corrected chi connectivity index (χ1v) is 14.2. The van der Waals surface area contributed by atoms with Crippen molar-refractivity contribution in [3.05, 3.63) is 170 Å². The molecule has 7 rings (SSSR count). The highest BCUT2D eigenvalue weighted by molar-refractivity contribution is 5.83. The predicted octanol–water partition coefficient (Wildman–Crippen LogP) is 10.5. The van der Waals surface area contributed by atoms with E-state index in [1.165, 1.54) is 33.4 Å². The zero-order valence-corrected chi connectivity index (χ0v) is 23.1. The Morgan fingerprint density at radius 1 is 0.286 bits per heavy atom. The molecule has 0 aliphatic carbocycles. The largest absolute Gasteiger partial charge is 0.237 e. The molecule has 1 heterocycles. The van der Waals surface area contributed by atoms with Gasteiger partial charge in [0.25, 0.3) is 0 Å². The summed E-state index contributed by atoms with van der Waals surface area (Å²) in [6.45, 7) is 0. The van der Waals surface area contributed by atoms with Gasteiger partial charge >= 0.3 is 0 Å². The Kier molecular flexibility index (Phi) is 6.94. The molecule has 0 amide bonds. The number of aromatic nitrogens is 2. The molecule has 2 heteroatoms. The van der Waals surface area contributed by atoms with E-state index in [4.69, 9.17) is 4.98 Å². The second-order valence-corrected chi connectivity index (χ2v) is 10.3. The fraction of sp³-hybridized carbons (Fsp3) is 0. The summed E-state index contributed by atoms with van der Waals surface area (Å²) >= 11 is 0. The number of nitrogens with zero attached hydrogens (tertiary/aromatic N) is 2. The van der Waals surface area contributed by atoms with E-state index in [0.717, 1.165) is 33.8 Å². The molecule has 7 aromatic rings. The smallest absolute Gasteiger partial charge is 0.159 e. The van der Waals surface area contributed by atoms with Crippen LogP contribution in [0, 0.1) is 0 Å². The summed E-state index contributed by atoms with van der Waals surface area (Å²) in [7, 11) is 0. The fourth-order valence-electron chi connectivity index (χ4n) is 5.37. The van der Waals surface area contributed by atoms with Gasteiger partial charge in [0.15, 0.2) is 5.82 Å². The van der Waals surface area contributed by atoms with Crippen molar-refractivity contribution in [1.82, 2.24) is 9.97 Å². The van der Waals surface area contributed by atoms with Gasteiger partial charge in [0, 0.05) is 17.3 Å². The Morgan fingerprint density at radius 3 is 1.21 bits per heavy atom. The lowest BCUT2D eigenvalue weighted by atomic mass is 9.92. The molecule has 1 aromatic heterocycles. The second-order valence-electron chi connectivity index (χ2n) is 10.3. The number of benzene rings is 6. The summed E-state index contributed by atoms with van der Waals surface area (Å²) in [5, 5.41) is 0. The van der Waals surface area contributed by atoms with E-state index in [9.17, 15) is 0 Å². The van der Waals surface area contributed by atoms with E-state index >= 15 is 0 Å². The molecule has 198 valence electrons. The third-order valence-electron chi connectivity index (χ3n) is 7.52. The van der Waals surface area contributed by atoms with Gasteiger partial charge in [0.2, 0.25) is 0 Å². The zero-order valence-electron chi connectivity index (χ0n) is 23.1. The SMILES string of the molecule is c1ccc(-c2cc(-c3ccccc3)cc(-c3cccc(-c4cccc(-c5ccnc(-c6ccccc6)n5)c4)c3)c2)cc1. The number of hydrogen-bond donors (Lipinski definition) is 0. The first-order chi connectivity index (χ1) is 20.8. The lowest BCUT2D eigenvalue weighted by molar-refractivity contribution is 1.18. The summed E-state index contributed by atoms with van der Waals surface area (Å²) in [4.78, 5) is 9.39. The van der Waals surface area contributed by atoms with Crippen LogP contribution >= 0.6 is 0 Å². The summed E-state index contributed by atoms with van der Waals surface area (Å²) < 4.78 is 0. The average molecular weight is 537 g/mol. The van der Waals surface area contributed by atoms with Gasteiger partial charge < -0.3 is 0 Å². The Hall–Kier alpha value is -5.60. The van der Waals surface area contributed by atoms with Gasteiger partial charge in [-0.05, 0) is 80.9 Å². The molecule has 0 fully saturated rings. The Balaban J connectivity index is 1.28. The topological polar surface area (TPSA) is 25.8 Å². The molecule has 0 spiro atoms. The van der Waals surface area contributed by atoms with Crippen LogP contribution in [0.25, 0.3) is 67.2 Å². The van der Waals surface area contributed by atoms with Crippen LogP contribution in [0.15, 0.2) is 170 Å². The van der Waals surface area contributed by atoms with E-state index < -0.39 is 0 Å². The Bertz CT molecular complexity index is 1910. The van der Waals surface area contributed by atoms with Gasteiger partial charge in [-0.15, -0.1) is 0 Å². The van der Waals surface area contributed by atoms with Gasteiger partial charge in [-0.1, -0.05) is 127 Å². The van der Waals surface area contributed by atoms with E-state index in [2.05, 4.69) is 132 Å². The molecular weight excluding hydrogens is 508 g/mol. The van der Waals surface area contributed by atoms with Crippen molar-refractivity contribution < 1.29 is 0 Å². The molecule has 0 aliphatic heterocycles. The molecule has 0 radical (unpaired) electrons. The van der Waals surface area contributed by atoms with Gasteiger partial charge in [-0.25, -0.2) is 9.97 Å². The third kappa shape index (κ3) is 5.39. The molecule has 0 atom stereocenters. The molecule has 2 nitrogen and oxygen atoms in total. The highest BCUT2D eigenvalue weighted by atomic mass is 14.9. The molecule has 42 heavy (non-hydrogen) atoms. The van der Waals surface area contributed by atoms with Crippen molar-refractivity contribution in [3.63, 3.8) is 0 Å². The normalized spacial score (nSPS) is 10.9. The minimum absolute atomic E-state index is 0.730. The first kappa shape index (κ1) is 25.4. The van der Waals surface area contributed by atoms with E-state index in [0.29, 0.717) is 0 Å². The van der Waals surface area contributed by atoms with Crippen molar-refractivity contribution in [2.45, 2.75) is 0 Å². The Morgan fingerprint density at radius 2 is 0.667 bits per heavy atom. The highest BCUT2D eigenvalue weighted by Crippen LogP contribution is 2.35. The van der Waals surface area contributed by atoms with Crippen LogP contribution in [-0.4, -0.2) is 9.97 Å². The van der Waals surface area contributed by atoms with Gasteiger partial charge in [0.05, 0.1) is 5.69 Å². The van der Waals surface area contributed by atoms with Gasteiger partial charge in [0.1, 0.15) is 0 Å². The van der Waals surface area contributed by atoms with Crippen molar-refractivity contribution in [3.8, 4) is 67.2 Å². The van der Waals surface area contributed by atoms with E-state index in [-0.39, 0.29) is 0 Å². The maximum absolute atomic E-state index is 4.88. The first-order valence-electron chi connectivity index (χ1n) is 14.2. The summed E-state index contributed by atoms with van der Waals surface area (Å²) in [6, 6.07) is 57.6. The molecular formula is C40H28N2. The Labute approximate surface area is 246 Å². The standard InChI is InChI=1S/C40H28N2/c1-4-12-29(13-5-1)36-26-37(30-14-6-2-7-15-30)28-38(27-36)34-20-10-18-32(24-34)33-19-11-21-35(25-33)39-22-23-41-40(42-39)31-16-8-3-9-17-31/h1-28H. The van der Waals surface area contributed by atoms with Crippen LogP contribution in [0.5, 0.6) is 0 Å². The van der Waals surface area contributed by atoms with Crippen LogP contribution in [-0.2, 0) is 0 Å². The number of rotatable bonds is 6. The monoisotopic (exact) mass is 536 g/mol. The number of hydrogen-bond acceptors (Lipinski definition) is 2. The fourth-order valence-corrected chi connectivity index (χ4v) is 5.37. The summed E-state index contributed by atoms with van der Waals surface area (Å²) in [5.41, 5.74) is 12.5. The second kappa shape index (κ2) is 11.5. The maximum Gasteiger partial charge on any atom is 0.159 e. The quantitative estimate of drug-likeness (QED) is 0.211. The maximum atomic E-state index is 4.88. The van der Waals surface area contributed by atoms with Crippen molar-refractivity contribution >= 4 is 0 Å². The van der Waals surface area contributed by atoms with Crippen molar-refractivity contribution in [2.24, 2.45) is 0 Å². The summed E-state index contributed by atoms with van der Waals surface area (Å²) in [6.07, 6.45) is 1.84. The van der Waals surface area contributed by atoms with Crippen LogP contribution in [0.4, 0.5) is 0 Å². The van der Waals surface area contributed by atoms with Crippen molar-refractivity contribution in [2.75, 3.05) is 0 Å². The van der Waals surface area contributed by atoms with Gasteiger partial charge in [-0.2, -0.15) is 0 Å². The average Bonchev–Trinajstić information content (AvgIpc) is 3.09. The molecule has 6 aromatic carbocycles. The van der Waals surface area contributed by atoms with E-state index in [1.807, 2.05) is 42.6 Å². The lowest BCUT2D eigenvalue weighted by Crippen LogP contribution is -1.91. The zero-order chi connectivity index (χ0) is 28.1. The van der Waals surface area contributed by atoms with Crippen LogP contribution in [0.1, 0.15) is 0 Å². The predicted molar refractivity (Wildman–Crippen MR) is 175 cm³/mol. The molecule has 0 saturated heterocycles. The summed E-state index contributed by atoms with van der Waals surface area (Å²) in [5.74, 6) is 0.730. The third-order valence-corrected chi connectivity index (χ3v) is 7.52. The minimum atomic E-state index is 0.730. The molecule has 0 unspecified atom stereocenters. The van der Waals surface area contributed by atoms with Gasteiger partial charge in [-0.3, -0.25) is 0 Å². The molecule has 0 N–H and O–H groups in total. The minimum Gasteiger partial charge on any atom is -0.237 e. The molecule has 0 aliphatic rings.